The van der Waals surface area contributed by atoms with E-state index < -0.39 is 0 Å². The molecule has 2 aromatic heterocycles. The molecule has 1 aliphatic rings. The van der Waals surface area contributed by atoms with Gasteiger partial charge in [0.1, 0.15) is 5.82 Å². The lowest BCUT2D eigenvalue weighted by Crippen LogP contribution is -2.44. The molecule has 0 radical (unpaired) electrons. The number of nitrogens with one attached hydrogen (secondary N) is 2. The van der Waals surface area contributed by atoms with Crippen LogP contribution in [0.15, 0.2) is 24.4 Å². The van der Waals surface area contributed by atoms with Crippen LogP contribution in [0.2, 0.25) is 0 Å². The van der Waals surface area contributed by atoms with Gasteiger partial charge in [0.25, 0.3) is 0 Å². The number of likely N-dealkylation sites (tertiary alicyclic amines) is 1. The van der Waals surface area contributed by atoms with Crippen molar-refractivity contribution in [3.63, 3.8) is 0 Å². The number of hydrogen-bond donors (Lipinski definition) is 2. The summed E-state index contributed by atoms with van der Waals surface area (Å²) < 4.78 is 5.06. The van der Waals surface area contributed by atoms with E-state index in [1.165, 1.54) is 4.88 Å². The molecule has 2 N–H and O–H groups in total. The van der Waals surface area contributed by atoms with Gasteiger partial charge in [-0.05, 0) is 51.9 Å². The first-order chi connectivity index (χ1) is 13.5. The second-order valence-electron chi connectivity index (χ2n) is 7.32. The molecular weight excluding hydrogens is 374 g/mol. The van der Waals surface area contributed by atoms with Crippen LogP contribution < -0.4 is 10.6 Å². The van der Waals surface area contributed by atoms with Crippen LogP contribution in [0.1, 0.15) is 36.3 Å². The number of amides is 1. The van der Waals surface area contributed by atoms with Crippen LogP contribution in [0.5, 0.6) is 0 Å². The first kappa shape index (κ1) is 20.7. The highest BCUT2D eigenvalue weighted by atomic mass is 32.1. The summed E-state index contributed by atoms with van der Waals surface area (Å²) in [6.07, 6.45) is 3.88. The number of rotatable bonds is 8. The summed E-state index contributed by atoms with van der Waals surface area (Å²) >= 11 is 1.62. The van der Waals surface area contributed by atoms with Crippen molar-refractivity contribution in [1.82, 2.24) is 20.2 Å². The zero-order chi connectivity index (χ0) is 19.9. The van der Waals surface area contributed by atoms with Crippen LogP contribution in [-0.4, -0.2) is 60.2 Å². The average molecular weight is 404 g/mol. The number of anilines is 2. The number of aryl methyl sites for hydroxylation is 1. The molecule has 1 atom stereocenters. The number of methoxy groups -OCH3 is 1. The van der Waals surface area contributed by atoms with Crippen LogP contribution in [0.4, 0.5) is 10.9 Å². The Morgan fingerprint density at radius 1 is 1.39 bits per heavy atom. The van der Waals surface area contributed by atoms with E-state index in [-0.39, 0.29) is 11.9 Å². The summed E-state index contributed by atoms with van der Waals surface area (Å²) in [7, 11) is 1.64. The van der Waals surface area contributed by atoms with Crippen LogP contribution in [0, 0.1) is 6.92 Å². The Morgan fingerprint density at radius 3 is 2.86 bits per heavy atom. The van der Waals surface area contributed by atoms with Crippen molar-refractivity contribution >= 4 is 28.2 Å². The minimum absolute atomic E-state index is 0.0381. The largest absolute Gasteiger partial charge is 0.383 e. The zero-order valence-corrected chi connectivity index (χ0v) is 17.6. The number of carbonyl (C=O) groups excluding carboxylic acids is 1. The second-order valence-corrected chi connectivity index (χ2v) is 8.56. The first-order valence-corrected chi connectivity index (χ1v) is 10.5. The maximum absolute atomic E-state index is 12.1. The fourth-order valence-corrected chi connectivity index (χ4v) is 4.14. The lowest BCUT2D eigenvalue weighted by Gasteiger charge is -2.31. The van der Waals surface area contributed by atoms with E-state index in [9.17, 15) is 4.79 Å². The van der Waals surface area contributed by atoms with Crippen LogP contribution >= 0.6 is 11.3 Å². The van der Waals surface area contributed by atoms with E-state index in [4.69, 9.17) is 9.72 Å². The minimum atomic E-state index is 0.0381. The molecular formula is C20H29N5O2S. The number of hydrogen-bond acceptors (Lipinski definition) is 7. The predicted molar refractivity (Wildman–Crippen MR) is 112 cm³/mol. The monoisotopic (exact) mass is 403 g/mol. The van der Waals surface area contributed by atoms with Crippen molar-refractivity contribution in [2.45, 2.75) is 38.6 Å². The van der Waals surface area contributed by atoms with E-state index in [1.54, 1.807) is 18.4 Å². The summed E-state index contributed by atoms with van der Waals surface area (Å²) in [5, 5.41) is 7.13. The molecule has 0 unspecified atom stereocenters. The van der Waals surface area contributed by atoms with Gasteiger partial charge in [-0.25, -0.2) is 9.97 Å². The molecule has 0 saturated carbocycles. The van der Waals surface area contributed by atoms with E-state index in [0.29, 0.717) is 19.1 Å². The van der Waals surface area contributed by atoms with Gasteiger partial charge >= 0.3 is 0 Å². The standard InChI is InChI=1S/C20H29N5O2S/c1-14(13-27-3)22-19(26)12-25-9-7-16(8-10-25)17-5-4-6-18(23-17)24-20-21-11-15(2)28-20/h4-6,11,14,16H,7-10,12-13H2,1-3H3,(H,22,26)(H,21,23,24)/t14-/m0/s1. The Kier molecular flexibility index (Phi) is 7.36. The third kappa shape index (κ3) is 5.98. The van der Waals surface area contributed by atoms with Gasteiger partial charge in [0.2, 0.25) is 5.91 Å². The Balaban J connectivity index is 1.49. The lowest BCUT2D eigenvalue weighted by molar-refractivity contribution is -0.123. The summed E-state index contributed by atoms with van der Waals surface area (Å²) in [5.41, 5.74) is 1.11. The number of thiazole rings is 1. The quantitative estimate of drug-likeness (QED) is 0.706. The summed E-state index contributed by atoms with van der Waals surface area (Å²) in [4.78, 5) is 24.6. The van der Waals surface area contributed by atoms with Crippen molar-refractivity contribution < 1.29 is 9.53 Å². The van der Waals surface area contributed by atoms with Gasteiger partial charge in [-0.1, -0.05) is 6.07 Å². The Hall–Kier alpha value is -2.03. The van der Waals surface area contributed by atoms with Crippen molar-refractivity contribution in [2.75, 3.05) is 38.7 Å². The van der Waals surface area contributed by atoms with Gasteiger partial charge in [0, 0.05) is 35.8 Å². The molecule has 7 nitrogen and oxygen atoms in total. The first-order valence-electron chi connectivity index (χ1n) is 9.70. The molecule has 1 saturated heterocycles. The Bertz CT molecular complexity index is 773. The normalized spacial score (nSPS) is 16.7. The molecule has 8 heteroatoms. The fraction of sp³-hybridized carbons (Fsp3) is 0.550. The maximum Gasteiger partial charge on any atom is 0.234 e. The molecule has 2 aromatic rings. The molecule has 0 aliphatic carbocycles. The molecule has 3 heterocycles. The molecule has 0 bridgehead atoms. The minimum Gasteiger partial charge on any atom is -0.383 e. The van der Waals surface area contributed by atoms with Gasteiger partial charge in [-0.2, -0.15) is 0 Å². The van der Waals surface area contributed by atoms with Gasteiger partial charge in [0.05, 0.1) is 13.2 Å². The van der Waals surface area contributed by atoms with E-state index in [1.807, 2.05) is 32.2 Å². The SMILES string of the molecule is COC[C@H](C)NC(=O)CN1CCC(c2cccc(Nc3ncc(C)s3)n2)CC1. The number of ether oxygens (including phenoxy) is 1. The van der Waals surface area contributed by atoms with Gasteiger partial charge in [-0.15, -0.1) is 11.3 Å². The van der Waals surface area contributed by atoms with Gasteiger partial charge in [0.15, 0.2) is 5.13 Å². The highest BCUT2D eigenvalue weighted by molar-refractivity contribution is 7.15. The Labute approximate surface area is 170 Å². The topological polar surface area (TPSA) is 79.4 Å². The maximum atomic E-state index is 12.1. The molecule has 28 heavy (non-hydrogen) atoms. The van der Waals surface area contributed by atoms with Crippen molar-refractivity contribution in [3.8, 4) is 0 Å². The number of piperidine rings is 1. The van der Waals surface area contributed by atoms with Crippen LogP contribution in [0.25, 0.3) is 0 Å². The van der Waals surface area contributed by atoms with Crippen molar-refractivity contribution in [1.29, 1.82) is 0 Å². The number of pyridine rings is 1. The van der Waals surface area contributed by atoms with E-state index in [0.717, 1.165) is 42.6 Å². The van der Waals surface area contributed by atoms with Crippen LogP contribution in [-0.2, 0) is 9.53 Å². The zero-order valence-electron chi connectivity index (χ0n) is 16.8. The number of carbonyl (C=O) groups is 1. The van der Waals surface area contributed by atoms with E-state index >= 15 is 0 Å². The van der Waals surface area contributed by atoms with Gasteiger partial charge < -0.3 is 15.4 Å². The third-order valence-electron chi connectivity index (χ3n) is 4.82. The van der Waals surface area contributed by atoms with Crippen LogP contribution in [0.3, 0.4) is 0 Å². The number of aromatic nitrogens is 2. The second kappa shape index (κ2) is 9.95. The highest BCUT2D eigenvalue weighted by Crippen LogP contribution is 2.28. The van der Waals surface area contributed by atoms with Crippen molar-refractivity contribution in [2.24, 2.45) is 0 Å². The van der Waals surface area contributed by atoms with Crippen molar-refractivity contribution in [3.05, 3.63) is 35.0 Å². The molecule has 3 rings (SSSR count). The summed E-state index contributed by atoms with van der Waals surface area (Å²) in [6, 6.07) is 6.15. The van der Waals surface area contributed by atoms with E-state index in [2.05, 4.69) is 26.6 Å². The molecule has 152 valence electrons. The molecule has 1 fully saturated rings. The predicted octanol–water partition coefficient (Wildman–Crippen LogP) is 2.92. The lowest BCUT2D eigenvalue weighted by atomic mass is 9.93. The molecule has 1 aliphatic heterocycles. The smallest absolute Gasteiger partial charge is 0.234 e. The molecule has 0 aromatic carbocycles. The molecule has 0 spiro atoms. The molecule has 1 amide bonds. The number of nitrogens with zero attached hydrogens (tertiary/aromatic N) is 3. The highest BCUT2D eigenvalue weighted by Gasteiger charge is 2.23. The fourth-order valence-electron chi connectivity index (χ4n) is 3.47. The third-order valence-corrected chi connectivity index (χ3v) is 5.65. The average Bonchev–Trinajstić information content (AvgIpc) is 3.07. The Morgan fingerprint density at radius 2 is 2.18 bits per heavy atom. The summed E-state index contributed by atoms with van der Waals surface area (Å²) in [5.74, 6) is 1.32. The summed E-state index contributed by atoms with van der Waals surface area (Å²) in [6.45, 7) is 6.78. The van der Waals surface area contributed by atoms with Gasteiger partial charge in [-0.3, -0.25) is 9.69 Å².